The average molecular weight is 416 g/mol. The Morgan fingerprint density at radius 1 is 0.871 bits per heavy atom. The topological polar surface area (TPSA) is 58.6 Å². The lowest BCUT2D eigenvalue weighted by Gasteiger charge is -2.17. The summed E-state index contributed by atoms with van der Waals surface area (Å²) in [6.07, 6.45) is 0. The van der Waals surface area contributed by atoms with Crippen molar-refractivity contribution in [3.63, 3.8) is 0 Å². The molecule has 4 rings (SSSR count). The largest absolute Gasteiger partial charge is 0.496 e. The molecule has 0 atom stereocenters. The van der Waals surface area contributed by atoms with Crippen molar-refractivity contribution in [2.45, 2.75) is 13.8 Å². The van der Waals surface area contributed by atoms with Gasteiger partial charge in [-0.1, -0.05) is 30.3 Å². The van der Waals surface area contributed by atoms with Crippen LogP contribution in [-0.2, 0) is 9.59 Å². The van der Waals surface area contributed by atoms with E-state index in [2.05, 4.69) is 5.32 Å². The van der Waals surface area contributed by atoms with Gasteiger partial charge in [0.1, 0.15) is 17.3 Å². The van der Waals surface area contributed by atoms with E-state index >= 15 is 0 Å². The highest BCUT2D eigenvalue weighted by atomic mass is 19.1. The number of ether oxygens (including phenoxy) is 1. The quantitative estimate of drug-likeness (QED) is 0.604. The molecule has 0 saturated heterocycles. The van der Waals surface area contributed by atoms with Crippen LogP contribution in [0.4, 0.5) is 15.8 Å². The van der Waals surface area contributed by atoms with Gasteiger partial charge in [0, 0.05) is 11.3 Å². The van der Waals surface area contributed by atoms with E-state index in [-0.39, 0.29) is 11.3 Å². The molecule has 0 fully saturated rings. The number of amides is 2. The maximum Gasteiger partial charge on any atom is 0.282 e. The summed E-state index contributed by atoms with van der Waals surface area (Å²) < 4.78 is 19.2. The van der Waals surface area contributed by atoms with Crippen LogP contribution in [0.15, 0.2) is 72.4 Å². The second-order valence-electron chi connectivity index (χ2n) is 7.38. The third-order valence-electron chi connectivity index (χ3n) is 5.02. The minimum absolute atomic E-state index is 0.0688. The summed E-state index contributed by atoms with van der Waals surface area (Å²) in [4.78, 5) is 28.2. The third kappa shape index (κ3) is 3.80. The molecule has 2 amide bonds. The zero-order valence-corrected chi connectivity index (χ0v) is 17.4. The molecule has 1 N–H and O–H groups in total. The summed E-state index contributed by atoms with van der Waals surface area (Å²) in [5.41, 5.74) is 3.43. The fourth-order valence-corrected chi connectivity index (χ4v) is 3.77. The number of carbonyl (C=O) groups is 2. The van der Waals surface area contributed by atoms with Crippen LogP contribution >= 0.6 is 0 Å². The summed E-state index contributed by atoms with van der Waals surface area (Å²) in [6, 6.07) is 18.3. The Bertz CT molecular complexity index is 1210. The Morgan fingerprint density at radius 3 is 2.26 bits per heavy atom. The van der Waals surface area contributed by atoms with Crippen molar-refractivity contribution in [3.05, 3.63) is 94.9 Å². The molecule has 0 saturated carbocycles. The number of imide groups is 1. The second kappa shape index (κ2) is 8.07. The van der Waals surface area contributed by atoms with Crippen LogP contribution < -0.4 is 15.0 Å². The summed E-state index contributed by atoms with van der Waals surface area (Å²) in [5, 5.41) is 2.96. The van der Waals surface area contributed by atoms with E-state index in [1.54, 1.807) is 42.5 Å². The van der Waals surface area contributed by atoms with Crippen LogP contribution in [0.5, 0.6) is 5.75 Å². The number of carbonyl (C=O) groups excluding carboxylic acids is 2. The number of nitrogens with zero attached hydrogens (tertiary/aromatic N) is 1. The lowest BCUT2D eigenvalue weighted by Crippen LogP contribution is -2.32. The Labute approximate surface area is 179 Å². The molecular weight excluding hydrogens is 395 g/mol. The van der Waals surface area contributed by atoms with Gasteiger partial charge >= 0.3 is 0 Å². The Balaban J connectivity index is 1.88. The molecule has 3 aromatic carbocycles. The predicted octanol–water partition coefficient (Wildman–Crippen LogP) is 4.85. The maximum absolute atomic E-state index is 13.7. The van der Waals surface area contributed by atoms with Crippen LogP contribution in [0.2, 0.25) is 0 Å². The summed E-state index contributed by atoms with van der Waals surface area (Å²) in [6.45, 7) is 3.81. The van der Waals surface area contributed by atoms with Gasteiger partial charge in [0.15, 0.2) is 0 Å². The Hall–Kier alpha value is -3.93. The van der Waals surface area contributed by atoms with E-state index in [9.17, 15) is 14.0 Å². The number of para-hydroxylation sites is 1. The highest BCUT2D eigenvalue weighted by Gasteiger charge is 2.41. The van der Waals surface area contributed by atoms with Crippen LogP contribution in [0, 0.1) is 19.7 Å². The number of aryl methyl sites for hydroxylation is 2. The first-order chi connectivity index (χ1) is 14.9. The van der Waals surface area contributed by atoms with E-state index in [0.717, 1.165) is 16.0 Å². The van der Waals surface area contributed by atoms with Gasteiger partial charge in [-0.3, -0.25) is 9.59 Å². The third-order valence-corrected chi connectivity index (χ3v) is 5.02. The highest BCUT2D eigenvalue weighted by molar-refractivity contribution is 6.46. The van der Waals surface area contributed by atoms with Gasteiger partial charge in [-0.25, -0.2) is 9.29 Å². The summed E-state index contributed by atoms with van der Waals surface area (Å²) in [5.74, 6) is -0.981. The van der Waals surface area contributed by atoms with E-state index in [1.165, 1.54) is 25.3 Å². The number of halogens is 1. The normalized spacial score (nSPS) is 13.7. The van der Waals surface area contributed by atoms with Crippen molar-refractivity contribution in [2.24, 2.45) is 0 Å². The zero-order valence-electron chi connectivity index (χ0n) is 17.4. The van der Waals surface area contributed by atoms with Gasteiger partial charge in [0.05, 0.1) is 18.4 Å². The number of nitrogens with one attached hydrogen (secondary N) is 1. The molecule has 156 valence electrons. The molecular formula is C25H21FN2O3. The minimum Gasteiger partial charge on any atom is -0.496 e. The molecule has 0 aliphatic carbocycles. The molecule has 1 aliphatic rings. The second-order valence-corrected chi connectivity index (χ2v) is 7.38. The Kier molecular flexibility index (Phi) is 5.29. The zero-order chi connectivity index (χ0) is 22.1. The molecule has 31 heavy (non-hydrogen) atoms. The smallest absolute Gasteiger partial charge is 0.282 e. The molecule has 0 spiro atoms. The van der Waals surface area contributed by atoms with Crippen LogP contribution in [0.1, 0.15) is 16.7 Å². The van der Waals surface area contributed by atoms with Crippen molar-refractivity contribution < 1.29 is 18.7 Å². The van der Waals surface area contributed by atoms with Crippen molar-refractivity contribution >= 4 is 28.8 Å². The lowest BCUT2D eigenvalue weighted by molar-refractivity contribution is -0.120. The van der Waals surface area contributed by atoms with Gasteiger partial charge in [-0.15, -0.1) is 0 Å². The first-order valence-corrected chi connectivity index (χ1v) is 9.76. The van der Waals surface area contributed by atoms with Gasteiger partial charge in [-0.2, -0.15) is 0 Å². The highest BCUT2D eigenvalue weighted by Crippen LogP contribution is 2.37. The standard InChI is InChI=1S/C25H21FN2O3/c1-15-11-16(2)13-19(12-15)28-24(29)22(20-9-4-5-10-21(20)31-3)23(25(28)30)27-18-8-6-7-17(26)14-18/h4-14,27H,1-3H3. The van der Waals surface area contributed by atoms with Crippen molar-refractivity contribution in [3.8, 4) is 5.75 Å². The fraction of sp³-hybridized carbons (Fsp3) is 0.120. The van der Waals surface area contributed by atoms with Gasteiger partial charge in [0.2, 0.25) is 0 Å². The van der Waals surface area contributed by atoms with Gasteiger partial charge < -0.3 is 10.1 Å². The number of hydrogen-bond acceptors (Lipinski definition) is 4. The molecule has 0 bridgehead atoms. The predicted molar refractivity (Wildman–Crippen MR) is 118 cm³/mol. The molecule has 0 aromatic heterocycles. The van der Waals surface area contributed by atoms with Crippen LogP contribution in [0.3, 0.4) is 0 Å². The van der Waals surface area contributed by atoms with E-state index < -0.39 is 17.6 Å². The van der Waals surface area contributed by atoms with E-state index in [0.29, 0.717) is 22.7 Å². The van der Waals surface area contributed by atoms with Crippen LogP contribution in [0.25, 0.3) is 5.57 Å². The Morgan fingerprint density at radius 2 is 1.58 bits per heavy atom. The van der Waals surface area contributed by atoms with E-state index in [1.807, 2.05) is 19.9 Å². The molecule has 1 aliphatic heterocycles. The number of anilines is 2. The number of rotatable bonds is 5. The van der Waals surface area contributed by atoms with Crippen LogP contribution in [-0.4, -0.2) is 18.9 Å². The molecule has 5 nitrogen and oxygen atoms in total. The van der Waals surface area contributed by atoms with E-state index in [4.69, 9.17) is 4.74 Å². The lowest BCUT2D eigenvalue weighted by atomic mass is 10.0. The van der Waals surface area contributed by atoms with Gasteiger partial charge in [0.25, 0.3) is 11.8 Å². The minimum atomic E-state index is -0.514. The van der Waals surface area contributed by atoms with Crippen molar-refractivity contribution in [1.82, 2.24) is 0 Å². The van der Waals surface area contributed by atoms with Crippen molar-refractivity contribution in [1.29, 1.82) is 0 Å². The van der Waals surface area contributed by atoms with Crippen molar-refractivity contribution in [2.75, 3.05) is 17.3 Å². The first kappa shape index (κ1) is 20.3. The molecule has 6 heteroatoms. The summed E-state index contributed by atoms with van der Waals surface area (Å²) >= 11 is 0. The summed E-state index contributed by atoms with van der Waals surface area (Å²) in [7, 11) is 1.50. The SMILES string of the molecule is COc1ccccc1C1=C(Nc2cccc(F)c2)C(=O)N(c2cc(C)cc(C)c2)C1=O. The number of benzene rings is 3. The maximum atomic E-state index is 13.7. The first-order valence-electron chi connectivity index (χ1n) is 9.76. The number of hydrogen-bond donors (Lipinski definition) is 1. The number of methoxy groups -OCH3 is 1. The molecule has 0 radical (unpaired) electrons. The molecule has 3 aromatic rings. The molecule has 1 heterocycles. The fourth-order valence-electron chi connectivity index (χ4n) is 3.77. The monoisotopic (exact) mass is 416 g/mol. The average Bonchev–Trinajstić information content (AvgIpc) is 2.96. The van der Waals surface area contributed by atoms with Gasteiger partial charge in [-0.05, 0) is 61.4 Å². The molecule has 0 unspecified atom stereocenters.